The maximum Gasteiger partial charge on any atom is 0.338 e. The molecule has 1 atom stereocenters. The third-order valence-corrected chi connectivity index (χ3v) is 8.04. The molecule has 1 amide bonds. The first kappa shape index (κ1) is 23.3. The van der Waals surface area contributed by atoms with Crippen LogP contribution in [0.2, 0.25) is 0 Å². The lowest BCUT2D eigenvalue weighted by Crippen LogP contribution is -2.34. The number of ether oxygens (including phenoxy) is 2. The SMILES string of the molecule is COc1ccc(C(=O)OCC(=O)N[C@H]2CCCc3ccccc32)cc1S(=O)(=O)N1CCCC1. The molecule has 2 aromatic carbocycles. The van der Waals surface area contributed by atoms with Gasteiger partial charge in [-0.05, 0) is 61.4 Å². The van der Waals surface area contributed by atoms with Crippen LogP contribution in [0.4, 0.5) is 0 Å². The van der Waals surface area contributed by atoms with Gasteiger partial charge in [-0.2, -0.15) is 4.31 Å². The van der Waals surface area contributed by atoms with Gasteiger partial charge in [0.15, 0.2) is 6.61 Å². The number of methoxy groups -OCH3 is 1. The molecule has 1 N–H and O–H groups in total. The first-order valence-corrected chi connectivity index (χ1v) is 12.6. The summed E-state index contributed by atoms with van der Waals surface area (Å²) in [6.45, 7) is 0.424. The fourth-order valence-electron chi connectivity index (χ4n) is 4.43. The molecule has 0 saturated carbocycles. The molecule has 0 bridgehead atoms. The first-order chi connectivity index (χ1) is 15.9. The highest BCUT2D eigenvalue weighted by atomic mass is 32.2. The number of hydrogen-bond donors (Lipinski definition) is 1. The Labute approximate surface area is 193 Å². The zero-order chi connectivity index (χ0) is 23.4. The minimum Gasteiger partial charge on any atom is -0.495 e. The average Bonchev–Trinajstić information content (AvgIpc) is 3.38. The van der Waals surface area contributed by atoms with E-state index in [-0.39, 0.29) is 22.3 Å². The molecule has 9 heteroatoms. The molecule has 8 nitrogen and oxygen atoms in total. The van der Waals surface area contributed by atoms with Crippen LogP contribution in [-0.2, 0) is 26.0 Å². The predicted molar refractivity (Wildman–Crippen MR) is 122 cm³/mol. The normalized spacial score (nSPS) is 18.4. The van der Waals surface area contributed by atoms with Crippen molar-refractivity contribution in [3.8, 4) is 5.75 Å². The molecule has 0 radical (unpaired) electrons. The summed E-state index contributed by atoms with van der Waals surface area (Å²) in [6.07, 6.45) is 4.38. The van der Waals surface area contributed by atoms with E-state index in [1.165, 1.54) is 35.2 Å². The van der Waals surface area contributed by atoms with Gasteiger partial charge in [0, 0.05) is 13.1 Å². The van der Waals surface area contributed by atoms with Crippen molar-refractivity contribution in [2.75, 3.05) is 26.8 Å². The zero-order valence-corrected chi connectivity index (χ0v) is 19.4. The van der Waals surface area contributed by atoms with Gasteiger partial charge in [-0.1, -0.05) is 24.3 Å². The van der Waals surface area contributed by atoms with E-state index in [0.717, 1.165) is 37.7 Å². The van der Waals surface area contributed by atoms with Crippen LogP contribution in [0.3, 0.4) is 0 Å². The summed E-state index contributed by atoms with van der Waals surface area (Å²) < 4.78 is 37.8. The molecule has 0 spiro atoms. The highest BCUT2D eigenvalue weighted by molar-refractivity contribution is 7.89. The Bertz CT molecular complexity index is 1140. The summed E-state index contributed by atoms with van der Waals surface area (Å²) in [5.41, 5.74) is 2.36. The van der Waals surface area contributed by atoms with Crippen molar-refractivity contribution in [3.05, 3.63) is 59.2 Å². The van der Waals surface area contributed by atoms with Crippen molar-refractivity contribution in [1.82, 2.24) is 9.62 Å². The van der Waals surface area contributed by atoms with Gasteiger partial charge in [0.25, 0.3) is 5.91 Å². The topological polar surface area (TPSA) is 102 Å². The monoisotopic (exact) mass is 472 g/mol. The van der Waals surface area contributed by atoms with E-state index in [1.54, 1.807) is 0 Å². The van der Waals surface area contributed by atoms with Crippen molar-refractivity contribution in [3.63, 3.8) is 0 Å². The lowest BCUT2D eigenvalue weighted by molar-refractivity contribution is -0.125. The van der Waals surface area contributed by atoms with E-state index < -0.39 is 28.5 Å². The van der Waals surface area contributed by atoms with E-state index >= 15 is 0 Å². The largest absolute Gasteiger partial charge is 0.495 e. The van der Waals surface area contributed by atoms with Crippen molar-refractivity contribution < 1.29 is 27.5 Å². The number of esters is 1. The van der Waals surface area contributed by atoms with E-state index in [0.29, 0.717) is 13.1 Å². The maximum atomic E-state index is 13.0. The Morgan fingerprint density at radius 3 is 2.61 bits per heavy atom. The second-order valence-corrected chi connectivity index (χ2v) is 10.2. The van der Waals surface area contributed by atoms with Gasteiger partial charge in [-0.25, -0.2) is 13.2 Å². The average molecular weight is 473 g/mol. The Morgan fingerprint density at radius 1 is 1.09 bits per heavy atom. The van der Waals surface area contributed by atoms with E-state index in [4.69, 9.17) is 9.47 Å². The molecular weight excluding hydrogens is 444 g/mol. The quantitative estimate of drug-likeness (QED) is 0.622. The molecule has 0 aromatic heterocycles. The molecule has 2 aliphatic rings. The zero-order valence-electron chi connectivity index (χ0n) is 18.6. The number of carbonyl (C=O) groups excluding carboxylic acids is 2. The minimum absolute atomic E-state index is 0.0457. The van der Waals surface area contributed by atoms with Gasteiger partial charge in [-0.15, -0.1) is 0 Å². The molecule has 33 heavy (non-hydrogen) atoms. The van der Waals surface area contributed by atoms with Crippen LogP contribution in [0.5, 0.6) is 5.75 Å². The van der Waals surface area contributed by atoms with Crippen molar-refractivity contribution in [2.45, 2.75) is 43.0 Å². The Balaban J connectivity index is 1.42. The summed E-state index contributed by atoms with van der Waals surface area (Å²) in [4.78, 5) is 25.0. The summed E-state index contributed by atoms with van der Waals surface area (Å²) in [6, 6.07) is 12.0. The molecular formula is C24H28N2O6S. The Kier molecular flexibility index (Phi) is 6.99. The summed E-state index contributed by atoms with van der Waals surface area (Å²) in [7, 11) is -2.42. The van der Waals surface area contributed by atoms with Gasteiger partial charge in [0.2, 0.25) is 10.0 Å². The molecule has 1 saturated heterocycles. The highest BCUT2D eigenvalue weighted by Crippen LogP contribution is 2.31. The number of aryl methyl sites for hydroxylation is 1. The fourth-order valence-corrected chi connectivity index (χ4v) is 6.13. The van der Waals surface area contributed by atoms with Crippen LogP contribution >= 0.6 is 0 Å². The van der Waals surface area contributed by atoms with Gasteiger partial charge in [0.1, 0.15) is 10.6 Å². The molecule has 0 unspecified atom stereocenters. The number of nitrogens with zero attached hydrogens (tertiary/aromatic N) is 1. The molecule has 2 aromatic rings. The van der Waals surface area contributed by atoms with Gasteiger partial charge < -0.3 is 14.8 Å². The molecule has 1 fully saturated rings. The number of sulfonamides is 1. The standard InChI is InChI=1S/C24H28N2O6S/c1-31-21-12-11-18(15-22(21)33(29,30)26-13-4-5-14-26)24(28)32-16-23(27)25-20-10-6-8-17-7-2-3-9-19(17)20/h2-3,7,9,11-12,15,20H,4-6,8,10,13-14,16H2,1H3,(H,25,27)/t20-/m0/s1. The van der Waals surface area contributed by atoms with Crippen LogP contribution in [0.1, 0.15) is 53.2 Å². The molecule has 1 aliphatic carbocycles. The smallest absolute Gasteiger partial charge is 0.338 e. The number of hydrogen-bond acceptors (Lipinski definition) is 6. The Morgan fingerprint density at radius 2 is 1.85 bits per heavy atom. The van der Waals surface area contributed by atoms with E-state index in [9.17, 15) is 18.0 Å². The predicted octanol–water partition coefficient (Wildman–Crippen LogP) is 2.83. The summed E-state index contributed by atoms with van der Waals surface area (Å²) in [5.74, 6) is -1.01. The fraction of sp³-hybridized carbons (Fsp3) is 0.417. The second kappa shape index (κ2) is 9.93. The highest BCUT2D eigenvalue weighted by Gasteiger charge is 2.31. The number of rotatable bonds is 7. The molecule has 176 valence electrons. The number of fused-ring (bicyclic) bond motifs is 1. The number of amides is 1. The van der Waals surface area contributed by atoms with E-state index in [1.807, 2.05) is 18.2 Å². The lowest BCUT2D eigenvalue weighted by atomic mass is 9.88. The maximum absolute atomic E-state index is 13.0. The van der Waals surface area contributed by atoms with Gasteiger partial charge >= 0.3 is 5.97 Å². The van der Waals surface area contributed by atoms with Crippen LogP contribution in [-0.4, -0.2) is 51.4 Å². The third kappa shape index (κ3) is 5.04. The molecule has 4 rings (SSSR count). The second-order valence-electron chi connectivity index (χ2n) is 8.26. The van der Waals surface area contributed by atoms with Crippen molar-refractivity contribution in [2.24, 2.45) is 0 Å². The van der Waals surface area contributed by atoms with E-state index in [2.05, 4.69) is 11.4 Å². The first-order valence-electron chi connectivity index (χ1n) is 11.1. The van der Waals surface area contributed by atoms with Crippen LogP contribution in [0, 0.1) is 0 Å². The number of benzene rings is 2. The van der Waals surface area contributed by atoms with Crippen LogP contribution in [0.25, 0.3) is 0 Å². The summed E-state index contributed by atoms with van der Waals surface area (Å²) in [5, 5.41) is 2.93. The number of nitrogens with one attached hydrogen (secondary N) is 1. The van der Waals surface area contributed by atoms with Gasteiger partial charge in [0.05, 0.1) is 18.7 Å². The molecule has 1 aliphatic heterocycles. The van der Waals surface area contributed by atoms with Crippen molar-refractivity contribution >= 4 is 21.9 Å². The lowest BCUT2D eigenvalue weighted by Gasteiger charge is -2.26. The summed E-state index contributed by atoms with van der Waals surface area (Å²) >= 11 is 0. The van der Waals surface area contributed by atoms with Gasteiger partial charge in [-0.3, -0.25) is 4.79 Å². The number of carbonyl (C=O) groups is 2. The molecule has 1 heterocycles. The van der Waals surface area contributed by atoms with Crippen LogP contribution in [0.15, 0.2) is 47.4 Å². The van der Waals surface area contributed by atoms with Crippen molar-refractivity contribution in [1.29, 1.82) is 0 Å². The minimum atomic E-state index is -3.80. The Hall–Kier alpha value is -2.91. The third-order valence-electron chi connectivity index (χ3n) is 6.12. The van der Waals surface area contributed by atoms with Crippen LogP contribution < -0.4 is 10.1 Å².